The van der Waals surface area contributed by atoms with Crippen molar-refractivity contribution in [1.82, 2.24) is 5.32 Å². The lowest BCUT2D eigenvalue weighted by atomic mass is 10.4. The second-order valence-electron chi connectivity index (χ2n) is 1.96. The van der Waals surface area contributed by atoms with Crippen LogP contribution in [0.15, 0.2) is 5.18 Å². The van der Waals surface area contributed by atoms with Gasteiger partial charge in [-0.25, -0.2) is 0 Å². The molecule has 3 heteroatoms. The van der Waals surface area contributed by atoms with Gasteiger partial charge in [0.15, 0.2) is 0 Å². The van der Waals surface area contributed by atoms with Gasteiger partial charge in [-0.05, 0) is 25.9 Å². The van der Waals surface area contributed by atoms with Crippen molar-refractivity contribution in [2.75, 3.05) is 19.6 Å². The third kappa shape index (κ3) is 7.56. The zero-order chi connectivity index (χ0) is 6.95. The zero-order valence-corrected chi connectivity index (χ0v) is 5.89. The van der Waals surface area contributed by atoms with Crippen molar-refractivity contribution in [3.63, 3.8) is 0 Å². The summed E-state index contributed by atoms with van der Waals surface area (Å²) in [6.45, 7) is 4.51. The maximum absolute atomic E-state index is 9.56. The molecular formula is C6H14N2O. The molecule has 0 spiro atoms. The summed E-state index contributed by atoms with van der Waals surface area (Å²) in [6.07, 6.45) is 2.01. The Hall–Kier alpha value is -0.440. The molecule has 0 saturated carbocycles. The molecule has 0 unspecified atom stereocenters. The summed E-state index contributed by atoms with van der Waals surface area (Å²) in [6, 6.07) is 0. The van der Waals surface area contributed by atoms with Crippen LogP contribution < -0.4 is 5.32 Å². The number of rotatable bonds is 6. The maximum atomic E-state index is 9.56. The van der Waals surface area contributed by atoms with Crippen molar-refractivity contribution >= 4 is 0 Å². The Morgan fingerprint density at radius 2 is 2.22 bits per heavy atom. The van der Waals surface area contributed by atoms with Gasteiger partial charge in [0.2, 0.25) is 0 Å². The minimum Gasteiger partial charge on any atom is -0.317 e. The largest absolute Gasteiger partial charge is 0.317 e. The molecule has 0 aliphatic rings. The number of hydrogen-bond donors (Lipinski definition) is 1. The lowest BCUT2D eigenvalue weighted by Crippen LogP contribution is -2.16. The van der Waals surface area contributed by atoms with E-state index in [1.165, 1.54) is 0 Å². The molecule has 0 heterocycles. The van der Waals surface area contributed by atoms with E-state index in [1.807, 2.05) is 0 Å². The molecule has 0 aliphatic heterocycles. The second kappa shape index (κ2) is 7.56. The molecule has 0 saturated heterocycles. The SMILES string of the molecule is CCCNCCCN=O. The van der Waals surface area contributed by atoms with E-state index in [0.29, 0.717) is 6.54 Å². The fourth-order valence-corrected chi connectivity index (χ4v) is 0.570. The van der Waals surface area contributed by atoms with Gasteiger partial charge in [0, 0.05) is 0 Å². The average molecular weight is 130 g/mol. The third-order valence-electron chi connectivity index (χ3n) is 1.03. The summed E-state index contributed by atoms with van der Waals surface area (Å²) in [5.74, 6) is 0. The molecule has 0 aromatic heterocycles. The van der Waals surface area contributed by atoms with Gasteiger partial charge in [-0.3, -0.25) is 0 Å². The fraction of sp³-hybridized carbons (Fsp3) is 1.00. The van der Waals surface area contributed by atoms with E-state index >= 15 is 0 Å². The highest BCUT2D eigenvalue weighted by atomic mass is 16.3. The molecule has 54 valence electrons. The molecule has 0 bridgehead atoms. The van der Waals surface area contributed by atoms with E-state index < -0.39 is 0 Å². The van der Waals surface area contributed by atoms with Crippen molar-refractivity contribution < 1.29 is 0 Å². The lowest BCUT2D eigenvalue weighted by molar-refractivity contribution is 0.645. The molecule has 9 heavy (non-hydrogen) atoms. The average Bonchev–Trinajstić information content (AvgIpc) is 1.89. The minimum atomic E-state index is 0.441. The monoisotopic (exact) mass is 130 g/mol. The van der Waals surface area contributed by atoms with Gasteiger partial charge in [-0.15, -0.1) is 0 Å². The van der Waals surface area contributed by atoms with E-state index in [-0.39, 0.29) is 0 Å². The molecule has 0 aromatic carbocycles. The van der Waals surface area contributed by atoms with Crippen LogP contribution in [0.1, 0.15) is 19.8 Å². The normalized spacial score (nSPS) is 9.44. The quantitative estimate of drug-likeness (QED) is 0.432. The number of nitrogens with one attached hydrogen (secondary N) is 1. The van der Waals surface area contributed by atoms with Gasteiger partial charge in [0.1, 0.15) is 0 Å². The minimum absolute atomic E-state index is 0.441. The van der Waals surface area contributed by atoms with Crippen molar-refractivity contribution in [2.24, 2.45) is 5.18 Å². The molecule has 0 rings (SSSR count). The Morgan fingerprint density at radius 3 is 2.78 bits per heavy atom. The zero-order valence-electron chi connectivity index (χ0n) is 5.89. The van der Waals surface area contributed by atoms with Crippen LogP contribution in [0.4, 0.5) is 0 Å². The van der Waals surface area contributed by atoms with Gasteiger partial charge >= 0.3 is 0 Å². The lowest BCUT2D eigenvalue weighted by Gasteiger charge is -1.97. The molecule has 3 nitrogen and oxygen atoms in total. The van der Waals surface area contributed by atoms with E-state index in [4.69, 9.17) is 0 Å². The summed E-state index contributed by atoms with van der Waals surface area (Å²) < 4.78 is 0. The molecule has 0 atom stereocenters. The molecule has 1 N–H and O–H groups in total. The van der Waals surface area contributed by atoms with Gasteiger partial charge in [-0.2, -0.15) is 4.91 Å². The van der Waals surface area contributed by atoms with Gasteiger partial charge in [0.05, 0.1) is 6.54 Å². The molecule has 0 radical (unpaired) electrons. The second-order valence-corrected chi connectivity index (χ2v) is 1.96. The predicted octanol–water partition coefficient (Wildman–Crippen LogP) is 1.14. The van der Waals surface area contributed by atoms with Crippen molar-refractivity contribution in [3.05, 3.63) is 4.91 Å². The summed E-state index contributed by atoms with van der Waals surface area (Å²) in [5.41, 5.74) is 0. The molecule has 0 aromatic rings. The number of nitroso groups, excluding NO2 is 1. The maximum Gasteiger partial charge on any atom is 0.0823 e. The highest BCUT2D eigenvalue weighted by molar-refractivity contribution is 4.47. The van der Waals surface area contributed by atoms with Crippen LogP contribution in [0.2, 0.25) is 0 Å². The first-order chi connectivity index (χ1) is 4.41. The predicted molar refractivity (Wildman–Crippen MR) is 38.4 cm³/mol. The van der Waals surface area contributed by atoms with E-state index in [9.17, 15) is 4.91 Å². The van der Waals surface area contributed by atoms with Crippen LogP contribution in [0.5, 0.6) is 0 Å². The highest BCUT2D eigenvalue weighted by Gasteiger charge is 1.84. The van der Waals surface area contributed by atoms with E-state index in [2.05, 4.69) is 17.4 Å². The van der Waals surface area contributed by atoms with E-state index in [0.717, 1.165) is 25.9 Å². The Morgan fingerprint density at radius 1 is 1.44 bits per heavy atom. The molecular weight excluding hydrogens is 116 g/mol. The third-order valence-corrected chi connectivity index (χ3v) is 1.03. The van der Waals surface area contributed by atoms with Crippen LogP contribution in [0, 0.1) is 4.91 Å². The Balaban J connectivity index is 2.66. The van der Waals surface area contributed by atoms with Crippen LogP contribution in [-0.2, 0) is 0 Å². The Bertz CT molecular complexity index is 66.1. The molecule has 0 aliphatic carbocycles. The van der Waals surface area contributed by atoms with Crippen LogP contribution in [0.3, 0.4) is 0 Å². The topological polar surface area (TPSA) is 41.5 Å². The van der Waals surface area contributed by atoms with Crippen LogP contribution >= 0.6 is 0 Å². The number of hydrogen-bond acceptors (Lipinski definition) is 3. The van der Waals surface area contributed by atoms with Gasteiger partial charge in [0.25, 0.3) is 0 Å². The van der Waals surface area contributed by atoms with Gasteiger partial charge in [-0.1, -0.05) is 12.1 Å². The number of nitrogens with zero attached hydrogens (tertiary/aromatic N) is 1. The molecule has 0 amide bonds. The first-order valence-corrected chi connectivity index (χ1v) is 3.41. The summed E-state index contributed by atoms with van der Waals surface area (Å²) >= 11 is 0. The summed E-state index contributed by atoms with van der Waals surface area (Å²) in [7, 11) is 0. The van der Waals surface area contributed by atoms with Gasteiger partial charge < -0.3 is 5.32 Å². The highest BCUT2D eigenvalue weighted by Crippen LogP contribution is 1.77. The van der Waals surface area contributed by atoms with E-state index in [1.54, 1.807) is 0 Å². The fourth-order valence-electron chi connectivity index (χ4n) is 0.570. The summed E-state index contributed by atoms with van der Waals surface area (Å²) in [5, 5.41) is 5.91. The standard InChI is InChI=1S/C6H14N2O/c1-2-4-7-5-3-6-8-9/h7H,2-6H2,1H3. The molecule has 0 fully saturated rings. The summed E-state index contributed by atoms with van der Waals surface area (Å²) in [4.78, 5) is 9.56. The first-order valence-electron chi connectivity index (χ1n) is 3.41. The Kier molecular flexibility index (Phi) is 7.19. The Labute approximate surface area is 55.8 Å². The smallest absolute Gasteiger partial charge is 0.0823 e. The van der Waals surface area contributed by atoms with Crippen LogP contribution in [0.25, 0.3) is 0 Å². The van der Waals surface area contributed by atoms with Crippen LogP contribution in [-0.4, -0.2) is 19.6 Å². The van der Waals surface area contributed by atoms with Crippen molar-refractivity contribution in [2.45, 2.75) is 19.8 Å². The first kappa shape index (κ1) is 8.56. The van der Waals surface area contributed by atoms with Crippen molar-refractivity contribution in [1.29, 1.82) is 0 Å². The van der Waals surface area contributed by atoms with Crippen molar-refractivity contribution in [3.8, 4) is 0 Å².